The molecule has 0 aromatic heterocycles. The van der Waals surface area contributed by atoms with Crippen LogP contribution < -0.4 is 0 Å². The van der Waals surface area contributed by atoms with E-state index in [2.05, 4.69) is 10.0 Å². The van der Waals surface area contributed by atoms with Crippen LogP contribution in [-0.2, 0) is 0 Å². The summed E-state index contributed by atoms with van der Waals surface area (Å²) in [6.07, 6.45) is 0. The molecule has 72 valence electrons. The van der Waals surface area contributed by atoms with E-state index in [-0.39, 0.29) is 15.7 Å². The van der Waals surface area contributed by atoms with Crippen molar-refractivity contribution in [1.29, 1.82) is 0 Å². The Balaban J connectivity index is 3.51. The zero-order valence-electron chi connectivity index (χ0n) is 6.52. The summed E-state index contributed by atoms with van der Waals surface area (Å²) in [6.45, 7) is 0. The minimum absolute atomic E-state index is 0.162. The Hall–Kier alpha value is -1.49. The van der Waals surface area contributed by atoms with Crippen molar-refractivity contribution in [3.05, 3.63) is 42.7 Å². The molecular formula is C6H2Cl2N4O2. The van der Waals surface area contributed by atoms with Crippen LogP contribution >= 0.6 is 23.2 Å². The third kappa shape index (κ3) is 2.05. The van der Waals surface area contributed by atoms with Gasteiger partial charge in [-0.05, 0) is 17.7 Å². The molecule has 0 aliphatic heterocycles. The van der Waals surface area contributed by atoms with Gasteiger partial charge in [-0.2, -0.15) is 0 Å². The number of rotatable bonds is 2. The van der Waals surface area contributed by atoms with Crippen molar-refractivity contribution < 1.29 is 4.92 Å². The summed E-state index contributed by atoms with van der Waals surface area (Å²) < 4.78 is 0. The number of nitro groups is 1. The van der Waals surface area contributed by atoms with Crippen molar-refractivity contribution in [1.82, 2.24) is 0 Å². The van der Waals surface area contributed by atoms with Gasteiger partial charge in [0.15, 0.2) is 0 Å². The molecule has 0 saturated carbocycles. The van der Waals surface area contributed by atoms with E-state index < -0.39 is 10.6 Å². The number of azide groups is 1. The first-order valence-corrected chi connectivity index (χ1v) is 4.00. The topological polar surface area (TPSA) is 91.9 Å². The summed E-state index contributed by atoms with van der Waals surface area (Å²) in [6, 6.07) is 2.38. The zero-order chi connectivity index (χ0) is 10.7. The molecule has 14 heavy (non-hydrogen) atoms. The Morgan fingerprint density at radius 1 is 1.50 bits per heavy atom. The maximum atomic E-state index is 10.5. The second kappa shape index (κ2) is 4.15. The lowest BCUT2D eigenvalue weighted by Gasteiger charge is -1.99. The molecule has 8 heteroatoms. The standard InChI is InChI=1S/C6H2Cl2N4O2/c7-3-1-4(8)6(12(13)14)5(2-3)10-11-9/h1-2H. The quantitative estimate of drug-likeness (QED) is 0.255. The lowest BCUT2D eigenvalue weighted by molar-refractivity contribution is -0.383. The van der Waals surface area contributed by atoms with Crippen LogP contribution in [0.25, 0.3) is 10.4 Å². The molecule has 0 spiro atoms. The van der Waals surface area contributed by atoms with Crippen LogP contribution in [0.4, 0.5) is 11.4 Å². The summed E-state index contributed by atoms with van der Waals surface area (Å²) in [7, 11) is 0. The highest BCUT2D eigenvalue weighted by Gasteiger charge is 2.18. The van der Waals surface area contributed by atoms with Gasteiger partial charge in [-0.25, -0.2) is 0 Å². The van der Waals surface area contributed by atoms with Gasteiger partial charge in [0.1, 0.15) is 10.7 Å². The molecule has 0 N–H and O–H groups in total. The molecule has 6 nitrogen and oxygen atoms in total. The summed E-state index contributed by atoms with van der Waals surface area (Å²) >= 11 is 11.1. The van der Waals surface area contributed by atoms with Crippen molar-refractivity contribution in [3.8, 4) is 0 Å². The average Bonchev–Trinajstić information content (AvgIpc) is 2.01. The van der Waals surface area contributed by atoms with E-state index in [1.165, 1.54) is 12.1 Å². The number of halogens is 2. The van der Waals surface area contributed by atoms with Gasteiger partial charge in [0.05, 0.1) is 4.92 Å². The number of hydrogen-bond acceptors (Lipinski definition) is 3. The lowest BCUT2D eigenvalue weighted by Crippen LogP contribution is -1.89. The molecule has 1 aromatic carbocycles. The molecule has 1 aromatic rings. The maximum absolute atomic E-state index is 10.5. The van der Waals surface area contributed by atoms with Crippen LogP contribution in [0.2, 0.25) is 10.0 Å². The number of benzene rings is 1. The molecular weight excluding hydrogens is 231 g/mol. The van der Waals surface area contributed by atoms with E-state index in [0.717, 1.165) is 0 Å². The van der Waals surface area contributed by atoms with E-state index in [4.69, 9.17) is 28.7 Å². The minimum atomic E-state index is -0.733. The van der Waals surface area contributed by atoms with Crippen molar-refractivity contribution in [2.75, 3.05) is 0 Å². The monoisotopic (exact) mass is 232 g/mol. The van der Waals surface area contributed by atoms with Gasteiger partial charge < -0.3 is 0 Å². The summed E-state index contributed by atoms with van der Waals surface area (Å²) in [5.41, 5.74) is 7.51. The van der Waals surface area contributed by atoms with E-state index in [1.54, 1.807) is 0 Å². The molecule has 0 heterocycles. The first-order chi connectivity index (χ1) is 6.56. The Morgan fingerprint density at radius 3 is 2.64 bits per heavy atom. The van der Waals surface area contributed by atoms with Crippen molar-refractivity contribution in [2.24, 2.45) is 5.11 Å². The second-order valence-electron chi connectivity index (χ2n) is 2.20. The van der Waals surface area contributed by atoms with Gasteiger partial charge in [0, 0.05) is 9.93 Å². The van der Waals surface area contributed by atoms with Crippen LogP contribution in [0.1, 0.15) is 0 Å². The van der Waals surface area contributed by atoms with Crippen molar-refractivity contribution >= 4 is 34.6 Å². The maximum Gasteiger partial charge on any atom is 0.297 e. The second-order valence-corrected chi connectivity index (χ2v) is 3.05. The fourth-order valence-corrected chi connectivity index (χ4v) is 1.41. The molecule has 0 aliphatic carbocycles. The van der Waals surface area contributed by atoms with Gasteiger partial charge in [-0.3, -0.25) is 10.1 Å². The summed E-state index contributed by atoms with van der Waals surface area (Å²) in [5.74, 6) is 0. The van der Waals surface area contributed by atoms with Crippen LogP contribution in [0.3, 0.4) is 0 Å². The molecule has 0 fully saturated rings. The van der Waals surface area contributed by atoms with Crippen LogP contribution in [0.15, 0.2) is 17.2 Å². The third-order valence-electron chi connectivity index (χ3n) is 1.34. The highest BCUT2D eigenvalue weighted by atomic mass is 35.5. The lowest BCUT2D eigenvalue weighted by atomic mass is 10.3. The Labute approximate surface area is 87.8 Å². The van der Waals surface area contributed by atoms with Gasteiger partial charge in [0.25, 0.3) is 5.69 Å². The molecule has 0 aliphatic rings. The zero-order valence-corrected chi connectivity index (χ0v) is 8.03. The molecule has 1 rings (SSSR count). The molecule has 0 amide bonds. The molecule has 0 radical (unpaired) electrons. The molecule has 0 unspecified atom stereocenters. The van der Waals surface area contributed by atoms with Crippen molar-refractivity contribution in [2.45, 2.75) is 0 Å². The minimum Gasteiger partial charge on any atom is -0.258 e. The predicted molar refractivity (Wildman–Crippen MR) is 51.9 cm³/mol. The van der Waals surface area contributed by atoms with Crippen LogP contribution in [0.5, 0.6) is 0 Å². The summed E-state index contributed by atoms with van der Waals surface area (Å²) in [5, 5.41) is 13.7. The molecule has 0 saturated heterocycles. The van der Waals surface area contributed by atoms with Gasteiger partial charge in [-0.15, -0.1) is 0 Å². The van der Waals surface area contributed by atoms with E-state index in [0.29, 0.717) is 0 Å². The molecule has 0 atom stereocenters. The van der Waals surface area contributed by atoms with Gasteiger partial charge in [0.2, 0.25) is 0 Å². The third-order valence-corrected chi connectivity index (χ3v) is 1.85. The Kier molecular flexibility index (Phi) is 3.14. The van der Waals surface area contributed by atoms with E-state index >= 15 is 0 Å². The highest BCUT2D eigenvalue weighted by Crippen LogP contribution is 2.37. The molecule has 0 bridgehead atoms. The number of nitrogens with zero attached hydrogens (tertiary/aromatic N) is 4. The largest absolute Gasteiger partial charge is 0.297 e. The number of nitro benzene ring substituents is 1. The average molecular weight is 233 g/mol. The summed E-state index contributed by atoms with van der Waals surface area (Å²) in [4.78, 5) is 12.2. The number of hydrogen-bond donors (Lipinski definition) is 0. The van der Waals surface area contributed by atoms with E-state index in [9.17, 15) is 10.1 Å². The van der Waals surface area contributed by atoms with Gasteiger partial charge >= 0.3 is 0 Å². The van der Waals surface area contributed by atoms with E-state index in [1.807, 2.05) is 0 Å². The highest BCUT2D eigenvalue weighted by molar-refractivity contribution is 6.36. The van der Waals surface area contributed by atoms with Crippen molar-refractivity contribution in [3.63, 3.8) is 0 Å². The van der Waals surface area contributed by atoms with Gasteiger partial charge in [-0.1, -0.05) is 28.3 Å². The predicted octanol–water partition coefficient (Wildman–Crippen LogP) is 3.84. The Morgan fingerprint density at radius 2 is 2.14 bits per heavy atom. The fraction of sp³-hybridized carbons (Fsp3) is 0. The Bertz CT molecular complexity index is 442. The van der Waals surface area contributed by atoms with Crippen LogP contribution in [0, 0.1) is 10.1 Å². The van der Waals surface area contributed by atoms with Crippen LogP contribution in [-0.4, -0.2) is 4.92 Å². The normalized spacial score (nSPS) is 9.29. The SMILES string of the molecule is [N-]=[N+]=Nc1cc(Cl)cc(Cl)c1[N+](=O)[O-]. The first kappa shape index (κ1) is 10.6. The fourth-order valence-electron chi connectivity index (χ4n) is 0.858. The first-order valence-electron chi connectivity index (χ1n) is 3.25. The smallest absolute Gasteiger partial charge is 0.258 e.